The van der Waals surface area contributed by atoms with Gasteiger partial charge in [0, 0.05) is 6.42 Å². The predicted molar refractivity (Wildman–Crippen MR) is 64.0 cm³/mol. The molecule has 1 aromatic heterocycles. The van der Waals surface area contributed by atoms with Crippen molar-refractivity contribution in [1.82, 2.24) is 4.98 Å². The maximum absolute atomic E-state index is 11.5. The highest BCUT2D eigenvalue weighted by Crippen LogP contribution is 2.18. The van der Waals surface area contributed by atoms with E-state index in [1.165, 1.54) is 0 Å². The van der Waals surface area contributed by atoms with E-state index < -0.39 is 0 Å². The first kappa shape index (κ1) is 11.6. The van der Waals surface area contributed by atoms with Crippen molar-refractivity contribution in [3.63, 3.8) is 0 Å². The molecule has 0 N–H and O–H groups in total. The van der Waals surface area contributed by atoms with Crippen LogP contribution in [0.15, 0.2) is 22.6 Å². The lowest BCUT2D eigenvalue weighted by atomic mass is 10.2. The molecule has 4 heteroatoms. The Labute approximate surface area is 99.6 Å². The number of carbonyl (C=O) groups is 1. The van der Waals surface area contributed by atoms with E-state index in [1.54, 1.807) is 25.1 Å². The Hall–Kier alpha value is -1.84. The largest absolute Gasteiger partial charge is 0.462 e. The highest BCUT2D eigenvalue weighted by molar-refractivity contribution is 5.93. The summed E-state index contributed by atoms with van der Waals surface area (Å²) < 4.78 is 10.5. The van der Waals surface area contributed by atoms with Crippen LogP contribution in [0.4, 0.5) is 0 Å². The number of esters is 1. The number of rotatable bonds is 4. The lowest BCUT2D eigenvalue weighted by Gasteiger charge is -2.00. The molecule has 1 aromatic carbocycles. The van der Waals surface area contributed by atoms with Crippen molar-refractivity contribution in [2.75, 3.05) is 6.61 Å². The Bertz CT molecular complexity index is 530. The van der Waals surface area contributed by atoms with Crippen LogP contribution in [-0.4, -0.2) is 17.6 Å². The lowest BCUT2D eigenvalue weighted by molar-refractivity contribution is 0.0526. The Balaban J connectivity index is 2.33. The molecule has 0 saturated carbocycles. The zero-order valence-electron chi connectivity index (χ0n) is 10.0. The molecule has 0 radical (unpaired) electrons. The number of ether oxygens (including phenoxy) is 1. The topological polar surface area (TPSA) is 52.3 Å². The zero-order valence-corrected chi connectivity index (χ0v) is 10.0. The number of hydrogen-bond donors (Lipinski definition) is 0. The van der Waals surface area contributed by atoms with Crippen molar-refractivity contribution in [3.8, 4) is 0 Å². The molecule has 2 rings (SSSR count). The highest BCUT2D eigenvalue weighted by atomic mass is 16.5. The standard InChI is InChI=1S/C13H15NO3/c1-3-5-12-14-10-7-6-9(8-11(10)17-12)13(15)16-4-2/h6-8H,3-5H2,1-2H3. The van der Waals surface area contributed by atoms with Crippen molar-refractivity contribution in [2.24, 2.45) is 0 Å². The number of fused-ring (bicyclic) bond motifs is 1. The fourth-order valence-corrected chi connectivity index (χ4v) is 1.63. The van der Waals surface area contributed by atoms with E-state index in [0.717, 1.165) is 18.4 Å². The molecule has 0 aliphatic carbocycles. The van der Waals surface area contributed by atoms with Gasteiger partial charge in [0.25, 0.3) is 0 Å². The Morgan fingerprint density at radius 1 is 1.41 bits per heavy atom. The summed E-state index contributed by atoms with van der Waals surface area (Å²) in [6, 6.07) is 5.17. The van der Waals surface area contributed by atoms with Crippen LogP contribution in [0.5, 0.6) is 0 Å². The molecule has 0 saturated heterocycles. The van der Waals surface area contributed by atoms with Crippen molar-refractivity contribution < 1.29 is 13.9 Å². The summed E-state index contributed by atoms with van der Waals surface area (Å²) in [6.07, 6.45) is 1.79. The smallest absolute Gasteiger partial charge is 0.338 e. The molecule has 0 spiro atoms. The van der Waals surface area contributed by atoms with Crippen LogP contribution in [0.1, 0.15) is 36.5 Å². The molecular formula is C13H15NO3. The van der Waals surface area contributed by atoms with Gasteiger partial charge in [-0.1, -0.05) is 6.92 Å². The molecule has 90 valence electrons. The second-order valence-corrected chi connectivity index (χ2v) is 3.76. The second kappa shape index (κ2) is 4.99. The summed E-state index contributed by atoms with van der Waals surface area (Å²) in [5.74, 6) is 0.381. The minimum atomic E-state index is -0.331. The van der Waals surface area contributed by atoms with E-state index in [9.17, 15) is 4.79 Å². The maximum Gasteiger partial charge on any atom is 0.338 e. The van der Waals surface area contributed by atoms with Crippen LogP contribution in [0.3, 0.4) is 0 Å². The quantitative estimate of drug-likeness (QED) is 0.762. The van der Waals surface area contributed by atoms with Gasteiger partial charge in [0.2, 0.25) is 0 Å². The summed E-state index contributed by atoms with van der Waals surface area (Å²) in [5, 5.41) is 0. The third-order valence-electron chi connectivity index (χ3n) is 2.41. The molecular weight excluding hydrogens is 218 g/mol. The first-order valence-electron chi connectivity index (χ1n) is 5.81. The average Bonchev–Trinajstić information content (AvgIpc) is 2.71. The van der Waals surface area contributed by atoms with E-state index in [0.29, 0.717) is 23.6 Å². The van der Waals surface area contributed by atoms with Gasteiger partial charge in [-0.2, -0.15) is 0 Å². The summed E-state index contributed by atoms with van der Waals surface area (Å²) in [4.78, 5) is 15.9. The van der Waals surface area contributed by atoms with Crippen LogP contribution >= 0.6 is 0 Å². The number of nitrogens with zero attached hydrogens (tertiary/aromatic N) is 1. The van der Waals surface area contributed by atoms with Crippen LogP contribution in [0.2, 0.25) is 0 Å². The van der Waals surface area contributed by atoms with Gasteiger partial charge >= 0.3 is 5.97 Å². The fraction of sp³-hybridized carbons (Fsp3) is 0.385. The molecule has 1 heterocycles. The summed E-state index contributed by atoms with van der Waals surface area (Å²) in [5.41, 5.74) is 1.92. The van der Waals surface area contributed by atoms with Gasteiger partial charge in [-0.05, 0) is 31.5 Å². The number of aryl methyl sites for hydroxylation is 1. The molecule has 0 fully saturated rings. The number of oxazole rings is 1. The summed E-state index contributed by atoms with van der Waals surface area (Å²) in [6.45, 7) is 4.22. The zero-order chi connectivity index (χ0) is 12.3. The third kappa shape index (κ3) is 2.46. The van der Waals surface area contributed by atoms with E-state index in [1.807, 2.05) is 0 Å². The van der Waals surface area contributed by atoms with Crippen molar-refractivity contribution in [2.45, 2.75) is 26.7 Å². The minimum absolute atomic E-state index is 0.331. The average molecular weight is 233 g/mol. The Morgan fingerprint density at radius 2 is 2.24 bits per heavy atom. The Morgan fingerprint density at radius 3 is 2.94 bits per heavy atom. The van der Waals surface area contributed by atoms with Crippen LogP contribution in [0.25, 0.3) is 11.1 Å². The van der Waals surface area contributed by atoms with Gasteiger partial charge in [0.1, 0.15) is 5.52 Å². The molecule has 0 bridgehead atoms. The first-order valence-corrected chi connectivity index (χ1v) is 5.81. The van der Waals surface area contributed by atoms with Crippen molar-refractivity contribution in [3.05, 3.63) is 29.7 Å². The lowest BCUT2D eigenvalue weighted by Crippen LogP contribution is -2.03. The summed E-state index contributed by atoms with van der Waals surface area (Å²) in [7, 11) is 0. The van der Waals surface area contributed by atoms with Gasteiger partial charge in [0.15, 0.2) is 11.5 Å². The van der Waals surface area contributed by atoms with Crippen LogP contribution in [-0.2, 0) is 11.2 Å². The molecule has 0 aliphatic heterocycles. The molecule has 0 unspecified atom stereocenters. The monoisotopic (exact) mass is 233 g/mol. The summed E-state index contributed by atoms with van der Waals surface area (Å²) >= 11 is 0. The van der Waals surface area contributed by atoms with Gasteiger partial charge < -0.3 is 9.15 Å². The number of aromatic nitrogens is 1. The van der Waals surface area contributed by atoms with Gasteiger partial charge in [-0.25, -0.2) is 9.78 Å². The third-order valence-corrected chi connectivity index (χ3v) is 2.41. The maximum atomic E-state index is 11.5. The van der Waals surface area contributed by atoms with E-state index in [4.69, 9.17) is 9.15 Å². The molecule has 0 atom stereocenters. The Kier molecular flexibility index (Phi) is 3.42. The fourth-order valence-electron chi connectivity index (χ4n) is 1.63. The van der Waals surface area contributed by atoms with Crippen molar-refractivity contribution >= 4 is 17.1 Å². The van der Waals surface area contributed by atoms with E-state index in [2.05, 4.69) is 11.9 Å². The molecule has 17 heavy (non-hydrogen) atoms. The van der Waals surface area contributed by atoms with Crippen LogP contribution in [0, 0.1) is 0 Å². The van der Waals surface area contributed by atoms with E-state index in [-0.39, 0.29) is 5.97 Å². The van der Waals surface area contributed by atoms with Gasteiger partial charge in [0.05, 0.1) is 12.2 Å². The molecule has 4 nitrogen and oxygen atoms in total. The normalized spacial score (nSPS) is 10.7. The minimum Gasteiger partial charge on any atom is -0.462 e. The molecule has 0 amide bonds. The second-order valence-electron chi connectivity index (χ2n) is 3.76. The SMILES string of the molecule is CCCc1nc2ccc(C(=O)OCC)cc2o1. The number of hydrogen-bond acceptors (Lipinski definition) is 4. The number of benzene rings is 1. The predicted octanol–water partition coefficient (Wildman–Crippen LogP) is 2.96. The molecule has 0 aliphatic rings. The number of carbonyl (C=O) groups excluding carboxylic acids is 1. The highest BCUT2D eigenvalue weighted by Gasteiger charge is 2.10. The van der Waals surface area contributed by atoms with Crippen molar-refractivity contribution in [1.29, 1.82) is 0 Å². The van der Waals surface area contributed by atoms with Crippen LogP contribution < -0.4 is 0 Å². The van der Waals surface area contributed by atoms with Gasteiger partial charge in [-0.3, -0.25) is 0 Å². The van der Waals surface area contributed by atoms with E-state index >= 15 is 0 Å². The van der Waals surface area contributed by atoms with Gasteiger partial charge in [-0.15, -0.1) is 0 Å². The first-order chi connectivity index (χ1) is 8.24. The molecule has 2 aromatic rings.